The predicted octanol–water partition coefficient (Wildman–Crippen LogP) is 1.76. The van der Waals surface area contributed by atoms with Gasteiger partial charge in [-0.25, -0.2) is 0 Å². The van der Waals surface area contributed by atoms with E-state index in [-0.39, 0.29) is 71.5 Å². The number of carbonyl (C=O) groups excluding carboxylic acids is 4. The molecule has 0 aliphatic heterocycles. The fourth-order valence-corrected chi connectivity index (χ4v) is 3.78. The van der Waals surface area contributed by atoms with Crippen LogP contribution in [0.25, 0.3) is 0 Å². The number of ether oxygens (including phenoxy) is 4. The van der Waals surface area contributed by atoms with Crippen LogP contribution in [0.1, 0.15) is 72.6 Å². The monoisotopic (exact) mass is 545 g/mol. The second-order valence-corrected chi connectivity index (χ2v) is 11.3. The zero-order valence-corrected chi connectivity index (χ0v) is 23.4. The number of hydrogen-bond acceptors (Lipinski definition) is 11. The van der Waals surface area contributed by atoms with Crippen LogP contribution in [0.3, 0.4) is 0 Å². The summed E-state index contributed by atoms with van der Waals surface area (Å²) in [6.07, 6.45) is 4.80. The SMILES string of the molecule is CC(=O)OCC(C)(CO)COC(=O)CCNCCC(=O)OCC(C)(CO)COC(=O)CC1CCC(C)CC1. The Balaban J connectivity index is 2.20. The number of carbonyl (C=O) groups is 4. The van der Waals surface area contributed by atoms with Gasteiger partial charge in [0.05, 0.1) is 36.9 Å². The number of esters is 4. The lowest BCUT2D eigenvalue weighted by molar-refractivity contribution is -0.156. The van der Waals surface area contributed by atoms with Crippen LogP contribution in [0.2, 0.25) is 0 Å². The number of aliphatic hydroxyl groups excluding tert-OH is 2. The van der Waals surface area contributed by atoms with Crippen LogP contribution in [0.15, 0.2) is 0 Å². The molecule has 1 fully saturated rings. The van der Waals surface area contributed by atoms with Crippen molar-refractivity contribution in [3.63, 3.8) is 0 Å². The molecule has 0 aromatic rings. The highest BCUT2D eigenvalue weighted by molar-refractivity contribution is 5.70. The minimum Gasteiger partial charge on any atom is -0.465 e. The Hall–Kier alpha value is -2.24. The third-order valence-corrected chi connectivity index (χ3v) is 6.73. The van der Waals surface area contributed by atoms with Gasteiger partial charge >= 0.3 is 23.9 Å². The van der Waals surface area contributed by atoms with E-state index in [2.05, 4.69) is 12.2 Å². The molecule has 220 valence electrons. The minimum atomic E-state index is -0.887. The summed E-state index contributed by atoms with van der Waals surface area (Å²) in [4.78, 5) is 47.2. The van der Waals surface area contributed by atoms with Gasteiger partial charge in [-0.3, -0.25) is 19.2 Å². The van der Waals surface area contributed by atoms with Gasteiger partial charge in [0.2, 0.25) is 0 Å². The van der Waals surface area contributed by atoms with Crippen molar-refractivity contribution >= 4 is 23.9 Å². The Labute approximate surface area is 225 Å². The predicted molar refractivity (Wildman–Crippen MR) is 138 cm³/mol. The van der Waals surface area contributed by atoms with Crippen LogP contribution in [0.4, 0.5) is 0 Å². The molecule has 11 heteroatoms. The summed E-state index contributed by atoms with van der Waals surface area (Å²) >= 11 is 0. The van der Waals surface area contributed by atoms with E-state index in [0.29, 0.717) is 18.3 Å². The lowest BCUT2D eigenvalue weighted by atomic mass is 9.81. The number of nitrogens with one attached hydrogen (secondary N) is 1. The smallest absolute Gasteiger partial charge is 0.307 e. The summed E-state index contributed by atoms with van der Waals surface area (Å²) in [5, 5.41) is 22.2. The van der Waals surface area contributed by atoms with Crippen molar-refractivity contribution in [1.29, 1.82) is 0 Å². The Morgan fingerprint density at radius 3 is 1.58 bits per heavy atom. The summed E-state index contributed by atoms with van der Waals surface area (Å²) in [5.74, 6) is -0.687. The van der Waals surface area contributed by atoms with Crippen molar-refractivity contribution in [2.24, 2.45) is 22.7 Å². The molecule has 0 amide bonds. The van der Waals surface area contributed by atoms with E-state index < -0.39 is 28.7 Å². The molecule has 2 atom stereocenters. The third kappa shape index (κ3) is 14.6. The highest BCUT2D eigenvalue weighted by atomic mass is 16.6. The fraction of sp³-hybridized carbons (Fsp3) is 0.852. The average Bonchev–Trinajstić information content (AvgIpc) is 2.89. The lowest BCUT2D eigenvalue weighted by Gasteiger charge is -2.28. The molecule has 1 aliphatic carbocycles. The van der Waals surface area contributed by atoms with E-state index in [4.69, 9.17) is 18.9 Å². The van der Waals surface area contributed by atoms with E-state index >= 15 is 0 Å². The van der Waals surface area contributed by atoms with E-state index in [9.17, 15) is 29.4 Å². The number of rotatable bonds is 18. The molecule has 1 saturated carbocycles. The second-order valence-electron chi connectivity index (χ2n) is 11.3. The van der Waals surface area contributed by atoms with Gasteiger partial charge in [-0.2, -0.15) is 0 Å². The van der Waals surface area contributed by atoms with Crippen LogP contribution < -0.4 is 5.32 Å². The highest BCUT2D eigenvalue weighted by Crippen LogP contribution is 2.30. The molecule has 38 heavy (non-hydrogen) atoms. The molecule has 3 N–H and O–H groups in total. The van der Waals surface area contributed by atoms with Crippen molar-refractivity contribution in [2.45, 2.75) is 72.6 Å². The molecule has 0 aromatic carbocycles. The maximum Gasteiger partial charge on any atom is 0.307 e. The minimum absolute atomic E-state index is 0.0324. The Morgan fingerprint density at radius 2 is 1.16 bits per heavy atom. The van der Waals surface area contributed by atoms with Gasteiger partial charge in [-0.05, 0) is 24.7 Å². The van der Waals surface area contributed by atoms with Crippen molar-refractivity contribution in [3.8, 4) is 0 Å². The topological polar surface area (TPSA) is 158 Å². The van der Waals surface area contributed by atoms with Gasteiger partial charge < -0.3 is 34.5 Å². The Bertz CT molecular complexity index is 752. The summed E-state index contributed by atoms with van der Waals surface area (Å²) < 4.78 is 20.7. The summed E-state index contributed by atoms with van der Waals surface area (Å²) in [6.45, 7) is 6.46. The highest BCUT2D eigenvalue weighted by Gasteiger charge is 2.29. The normalized spacial score (nSPS) is 20.5. The molecular weight excluding hydrogens is 498 g/mol. The summed E-state index contributed by atoms with van der Waals surface area (Å²) in [7, 11) is 0. The molecule has 2 unspecified atom stereocenters. The quantitative estimate of drug-likeness (QED) is 0.131. The van der Waals surface area contributed by atoms with Crippen LogP contribution >= 0.6 is 0 Å². The van der Waals surface area contributed by atoms with Crippen molar-refractivity contribution in [1.82, 2.24) is 5.32 Å². The molecule has 0 heterocycles. The van der Waals surface area contributed by atoms with Crippen LogP contribution in [-0.2, 0) is 38.1 Å². The molecule has 0 spiro atoms. The van der Waals surface area contributed by atoms with Gasteiger partial charge in [-0.15, -0.1) is 0 Å². The lowest BCUT2D eigenvalue weighted by Crippen LogP contribution is -2.35. The first-order valence-corrected chi connectivity index (χ1v) is 13.4. The van der Waals surface area contributed by atoms with Gasteiger partial charge in [0, 0.05) is 26.4 Å². The van der Waals surface area contributed by atoms with E-state index in [1.165, 1.54) is 6.92 Å². The maximum atomic E-state index is 12.2. The zero-order valence-electron chi connectivity index (χ0n) is 23.4. The van der Waals surface area contributed by atoms with Crippen LogP contribution in [0, 0.1) is 22.7 Å². The Kier molecular flexibility index (Phi) is 15.4. The molecule has 0 radical (unpaired) electrons. The largest absolute Gasteiger partial charge is 0.465 e. The van der Waals surface area contributed by atoms with Crippen molar-refractivity contribution in [3.05, 3.63) is 0 Å². The first-order valence-electron chi connectivity index (χ1n) is 13.4. The number of hydrogen-bond donors (Lipinski definition) is 3. The Morgan fingerprint density at radius 1 is 0.737 bits per heavy atom. The first-order chi connectivity index (χ1) is 17.9. The van der Waals surface area contributed by atoms with Crippen LogP contribution in [-0.4, -0.2) is 86.8 Å². The van der Waals surface area contributed by atoms with Crippen LogP contribution in [0.5, 0.6) is 0 Å². The van der Waals surface area contributed by atoms with Gasteiger partial charge in [0.25, 0.3) is 0 Å². The average molecular weight is 546 g/mol. The van der Waals surface area contributed by atoms with E-state index in [1.54, 1.807) is 13.8 Å². The van der Waals surface area contributed by atoms with Gasteiger partial charge in [-0.1, -0.05) is 33.6 Å². The standard InChI is InChI=1S/C27H47NO10/c1-20-5-7-22(8-6-20)13-25(34)38-19-27(4,15-30)18-37-24(33)10-12-28-11-9-23(32)36-17-26(3,14-29)16-35-21(2)31/h20,22,28-30H,5-19H2,1-4H3. The second kappa shape index (κ2) is 17.4. The van der Waals surface area contributed by atoms with Gasteiger partial charge in [0.1, 0.15) is 26.4 Å². The fourth-order valence-electron chi connectivity index (χ4n) is 3.78. The van der Waals surface area contributed by atoms with Crippen molar-refractivity contribution in [2.75, 3.05) is 52.7 Å². The molecule has 0 saturated heterocycles. The first kappa shape index (κ1) is 33.8. The molecule has 11 nitrogen and oxygen atoms in total. The number of aliphatic hydroxyl groups is 2. The molecular formula is C27H47NO10. The summed E-state index contributed by atoms with van der Waals surface area (Å²) in [5.41, 5.74) is -1.77. The molecule has 0 aromatic heterocycles. The molecule has 0 bridgehead atoms. The van der Waals surface area contributed by atoms with E-state index in [0.717, 1.165) is 25.7 Å². The van der Waals surface area contributed by atoms with E-state index in [1.807, 2.05) is 0 Å². The summed E-state index contributed by atoms with van der Waals surface area (Å²) in [6, 6.07) is 0. The molecule has 1 rings (SSSR count). The van der Waals surface area contributed by atoms with Gasteiger partial charge in [0.15, 0.2) is 0 Å². The third-order valence-electron chi connectivity index (χ3n) is 6.73. The van der Waals surface area contributed by atoms with Crippen molar-refractivity contribution < 1.29 is 48.3 Å². The zero-order chi connectivity index (χ0) is 28.6. The molecule has 1 aliphatic rings. The maximum absolute atomic E-state index is 12.2.